The predicted octanol–water partition coefficient (Wildman–Crippen LogP) is 5.50. The summed E-state index contributed by atoms with van der Waals surface area (Å²) in [5, 5.41) is 3.44. The Morgan fingerprint density at radius 1 is 0.885 bits per heavy atom. The normalized spacial score (nSPS) is 10.7. The van der Waals surface area contributed by atoms with E-state index in [0.717, 1.165) is 39.9 Å². The van der Waals surface area contributed by atoms with Crippen LogP contribution >= 0.6 is 15.9 Å². The van der Waals surface area contributed by atoms with Crippen LogP contribution in [0.2, 0.25) is 0 Å². The van der Waals surface area contributed by atoms with Gasteiger partial charge in [0.15, 0.2) is 0 Å². The van der Waals surface area contributed by atoms with Gasteiger partial charge in [-0.15, -0.1) is 0 Å². The summed E-state index contributed by atoms with van der Waals surface area (Å²) in [5.74, 6) is 0.683. The van der Waals surface area contributed by atoms with Gasteiger partial charge in [-0.2, -0.15) is 0 Å². The third-order valence-corrected chi connectivity index (χ3v) is 4.57. The standard InChI is InChI=1S/C22H21BrFNO/c23-20-8-11-22(26-16-18-4-2-1-3-5-18)19(14-20)15-25-13-12-17-6-9-21(24)10-7-17/h1-11,14,25H,12-13,15-16H2. The Labute approximate surface area is 162 Å². The molecule has 0 saturated carbocycles. The first-order valence-corrected chi connectivity index (χ1v) is 9.40. The van der Waals surface area contributed by atoms with Crippen LogP contribution in [0.5, 0.6) is 5.75 Å². The topological polar surface area (TPSA) is 21.3 Å². The minimum absolute atomic E-state index is 0.198. The van der Waals surface area contributed by atoms with Gasteiger partial charge in [-0.25, -0.2) is 4.39 Å². The van der Waals surface area contributed by atoms with E-state index >= 15 is 0 Å². The van der Waals surface area contributed by atoms with E-state index in [4.69, 9.17) is 4.74 Å². The molecule has 0 bridgehead atoms. The molecule has 0 aliphatic heterocycles. The Morgan fingerprint density at radius 2 is 1.65 bits per heavy atom. The van der Waals surface area contributed by atoms with Crippen molar-refractivity contribution < 1.29 is 9.13 Å². The summed E-state index contributed by atoms with van der Waals surface area (Å²) < 4.78 is 20.0. The van der Waals surface area contributed by atoms with Gasteiger partial charge in [0.25, 0.3) is 0 Å². The third kappa shape index (κ3) is 5.68. The second kappa shape index (κ2) is 9.51. The van der Waals surface area contributed by atoms with E-state index in [-0.39, 0.29) is 5.82 Å². The first kappa shape index (κ1) is 18.6. The van der Waals surface area contributed by atoms with E-state index in [9.17, 15) is 4.39 Å². The fourth-order valence-corrected chi connectivity index (χ4v) is 3.08. The molecule has 3 aromatic rings. The van der Waals surface area contributed by atoms with Crippen molar-refractivity contribution in [2.45, 2.75) is 19.6 Å². The highest BCUT2D eigenvalue weighted by Gasteiger charge is 2.05. The minimum Gasteiger partial charge on any atom is -0.489 e. The maximum absolute atomic E-state index is 12.9. The smallest absolute Gasteiger partial charge is 0.124 e. The first-order chi connectivity index (χ1) is 12.7. The van der Waals surface area contributed by atoms with Crippen molar-refractivity contribution >= 4 is 15.9 Å². The average molecular weight is 414 g/mol. The third-order valence-electron chi connectivity index (χ3n) is 4.08. The Kier molecular flexibility index (Phi) is 6.81. The van der Waals surface area contributed by atoms with Gasteiger partial charge < -0.3 is 10.1 Å². The molecular formula is C22H21BrFNO. The summed E-state index contributed by atoms with van der Waals surface area (Å²) in [4.78, 5) is 0. The van der Waals surface area contributed by atoms with Crippen molar-refractivity contribution in [3.05, 3.63) is 99.8 Å². The number of ether oxygens (including phenoxy) is 1. The Bertz CT molecular complexity index is 821. The molecule has 0 spiro atoms. The van der Waals surface area contributed by atoms with Crippen LogP contribution < -0.4 is 10.1 Å². The molecule has 3 rings (SSSR count). The number of benzene rings is 3. The Morgan fingerprint density at radius 3 is 2.42 bits per heavy atom. The number of hydrogen-bond acceptors (Lipinski definition) is 2. The van der Waals surface area contributed by atoms with Crippen LogP contribution in [0.4, 0.5) is 4.39 Å². The summed E-state index contributed by atoms with van der Waals surface area (Å²) >= 11 is 3.53. The highest BCUT2D eigenvalue weighted by atomic mass is 79.9. The van der Waals surface area contributed by atoms with E-state index in [0.29, 0.717) is 13.2 Å². The summed E-state index contributed by atoms with van der Waals surface area (Å²) in [7, 11) is 0. The van der Waals surface area contributed by atoms with Crippen LogP contribution in [-0.2, 0) is 19.6 Å². The van der Waals surface area contributed by atoms with Gasteiger partial charge in [0.05, 0.1) is 0 Å². The number of hydrogen-bond donors (Lipinski definition) is 1. The quantitative estimate of drug-likeness (QED) is 0.492. The van der Waals surface area contributed by atoms with E-state index in [1.54, 1.807) is 0 Å². The molecule has 0 fully saturated rings. The summed E-state index contributed by atoms with van der Waals surface area (Å²) in [5.41, 5.74) is 3.37. The molecule has 0 aliphatic rings. The molecule has 0 saturated heterocycles. The SMILES string of the molecule is Fc1ccc(CCNCc2cc(Br)ccc2OCc2ccccc2)cc1. The molecule has 134 valence electrons. The summed E-state index contributed by atoms with van der Waals surface area (Å²) in [6.07, 6.45) is 0.856. The zero-order valence-electron chi connectivity index (χ0n) is 14.4. The van der Waals surface area contributed by atoms with E-state index < -0.39 is 0 Å². The fraction of sp³-hybridized carbons (Fsp3) is 0.182. The van der Waals surface area contributed by atoms with Crippen LogP contribution in [0.15, 0.2) is 77.3 Å². The highest BCUT2D eigenvalue weighted by molar-refractivity contribution is 9.10. The van der Waals surface area contributed by atoms with Crippen molar-refractivity contribution in [1.82, 2.24) is 5.32 Å². The van der Waals surface area contributed by atoms with Crippen LogP contribution in [-0.4, -0.2) is 6.54 Å². The van der Waals surface area contributed by atoms with Gasteiger partial charge >= 0.3 is 0 Å². The summed E-state index contributed by atoms with van der Waals surface area (Å²) in [6, 6.07) is 22.8. The number of halogens is 2. The van der Waals surface area contributed by atoms with Gasteiger partial charge in [0.2, 0.25) is 0 Å². The van der Waals surface area contributed by atoms with Gasteiger partial charge in [-0.3, -0.25) is 0 Å². The molecule has 0 atom stereocenters. The molecule has 4 heteroatoms. The van der Waals surface area contributed by atoms with Crippen molar-refractivity contribution in [3.63, 3.8) is 0 Å². The fourth-order valence-electron chi connectivity index (χ4n) is 2.67. The molecule has 0 amide bonds. The molecule has 3 aromatic carbocycles. The molecule has 0 aliphatic carbocycles. The molecule has 26 heavy (non-hydrogen) atoms. The lowest BCUT2D eigenvalue weighted by molar-refractivity contribution is 0.302. The molecule has 2 nitrogen and oxygen atoms in total. The van der Waals surface area contributed by atoms with Gasteiger partial charge in [-0.05, 0) is 54.4 Å². The van der Waals surface area contributed by atoms with Gasteiger partial charge in [0, 0.05) is 16.6 Å². The van der Waals surface area contributed by atoms with Crippen molar-refractivity contribution in [3.8, 4) is 5.75 Å². The zero-order valence-corrected chi connectivity index (χ0v) is 16.0. The monoisotopic (exact) mass is 413 g/mol. The Balaban J connectivity index is 1.54. The van der Waals surface area contributed by atoms with Crippen LogP contribution in [0.1, 0.15) is 16.7 Å². The van der Waals surface area contributed by atoms with Crippen molar-refractivity contribution in [2.24, 2.45) is 0 Å². The van der Waals surface area contributed by atoms with Crippen LogP contribution in [0.3, 0.4) is 0 Å². The van der Waals surface area contributed by atoms with Crippen LogP contribution in [0, 0.1) is 5.82 Å². The largest absolute Gasteiger partial charge is 0.489 e. The maximum atomic E-state index is 12.9. The molecule has 0 aromatic heterocycles. The first-order valence-electron chi connectivity index (χ1n) is 8.61. The molecule has 0 heterocycles. The lowest BCUT2D eigenvalue weighted by Crippen LogP contribution is -2.17. The molecule has 0 unspecified atom stereocenters. The highest BCUT2D eigenvalue weighted by Crippen LogP contribution is 2.24. The summed E-state index contributed by atoms with van der Waals surface area (Å²) in [6.45, 7) is 2.08. The van der Waals surface area contributed by atoms with Gasteiger partial charge in [-0.1, -0.05) is 58.4 Å². The van der Waals surface area contributed by atoms with E-state index in [1.807, 2.05) is 42.5 Å². The molecule has 0 radical (unpaired) electrons. The van der Waals surface area contributed by atoms with Crippen molar-refractivity contribution in [1.29, 1.82) is 0 Å². The van der Waals surface area contributed by atoms with Crippen molar-refractivity contribution in [2.75, 3.05) is 6.54 Å². The van der Waals surface area contributed by atoms with Gasteiger partial charge in [0.1, 0.15) is 18.2 Å². The lowest BCUT2D eigenvalue weighted by Gasteiger charge is -2.13. The van der Waals surface area contributed by atoms with Crippen LogP contribution in [0.25, 0.3) is 0 Å². The minimum atomic E-state index is -0.198. The number of nitrogens with one attached hydrogen (secondary N) is 1. The second-order valence-corrected chi connectivity index (χ2v) is 7.00. The van der Waals surface area contributed by atoms with E-state index in [1.165, 1.54) is 12.1 Å². The zero-order chi connectivity index (χ0) is 18.2. The lowest BCUT2D eigenvalue weighted by atomic mass is 10.1. The second-order valence-electron chi connectivity index (χ2n) is 6.08. The average Bonchev–Trinajstić information content (AvgIpc) is 2.67. The molecular weight excluding hydrogens is 393 g/mol. The predicted molar refractivity (Wildman–Crippen MR) is 107 cm³/mol. The van der Waals surface area contributed by atoms with E-state index in [2.05, 4.69) is 39.4 Å². The molecule has 1 N–H and O–H groups in total. The Hall–Kier alpha value is -2.17. The number of rotatable bonds is 8. The maximum Gasteiger partial charge on any atom is 0.124 e.